The number of thiophene rings is 1. The van der Waals surface area contributed by atoms with Gasteiger partial charge >= 0.3 is 0 Å². The quantitative estimate of drug-likeness (QED) is 0.738. The van der Waals surface area contributed by atoms with Crippen molar-refractivity contribution in [3.05, 3.63) is 40.9 Å². The smallest absolute Gasteiger partial charge is 0.264 e. The van der Waals surface area contributed by atoms with Crippen molar-refractivity contribution in [1.29, 1.82) is 0 Å². The number of anilines is 1. The van der Waals surface area contributed by atoms with Crippen LogP contribution in [-0.4, -0.2) is 33.9 Å². The molecule has 0 aliphatic heterocycles. The third kappa shape index (κ3) is 2.99. The van der Waals surface area contributed by atoms with E-state index >= 15 is 0 Å². The topological polar surface area (TPSA) is 71.3 Å². The van der Waals surface area contributed by atoms with Crippen LogP contribution in [0.15, 0.2) is 29.1 Å². The molecule has 1 amide bonds. The number of rotatable bonds is 6. The molecule has 3 aromatic rings. The Balaban J connectivity index is 1.96. The Morgan fingerprint density at radius 3 is 2.79 bits per heavy atom. The number of amides is 1. The molecule has 0 aliphatic rings. The minimum absolute atomic E-state index is 0.0532. The van der Waals surface area contributed by atoms with Crippen molar-refractivity contribution in [2.24, 2.45) is 0 Å². The molecule has 0 atom stereocenters. The second-order valence-corrected chi connectivity index (χ2v) is 6.37. The van der Waals surface area contributed by atoms with Crippen molar-refractivity contribution >= 4 is 33.3 Å². The minimum atomic E-state index is 0.0532. The number of carbonyl (C=O) groups is 1. The number of hydrogen-bond donors (Lipinski definition) is 1. The highest BCUT2D eigenvalue weighted by atomic mass is 32.1. The van der Waals surface area contributed by atoms with Gasteiger partial charge in [-0.2, -0.15) is 0 Å². The molecular weight excluding hydrogens is 324 g/mol. The number of hydrogen-bond acceptors (Lipinski definition) is 6. The van der Waals surface area contributed by atoms with E-state index in [-0.39, 0.29) is 5.91 Å². The van der Waals surface area contributed by atoms with E-state index in [0.717, 1.165) is 32.2 Å². The fourth-order valence-corrected chi connectivity index (χ4v) is 3.76. The summed E-state index contributed by atoms with van der Waals surface area (Å²) >= 11 is 1.42. The van der Waals surface area contributed by atoms with E-state index in [0.29, 0.717) is 19.6 Å². The van der Waals surface area contributed by atoms with Gasteiger partial charge in [0.05, 0.1) is 23.1 Å². The average molecular weight is 344 g/mol. The highest BCUT2D eigenvalue weighted by Crippen LogP contribution is 2.34. The van der Waals surface area contributed by atoms with E-state index in [1.54, 1.807) is 6.26 Å². The van der Waals surface area contributed by atoms with Gasteiger partial charge in [-0.25, -0.2) is 9.97 Å². The number of nitrogens with one attached hydrogen (secondary N) is 1. The first-order chi connectivity index (χ1) is 11.7. The molecule has 3 aromatic heterocycles. The molecule has 0 aromatic carbocycles. The maximum Gasteiger partial charge on any atom is 0.264 e. The Morgan fingerprint density at radius 2 is 2.12 bits per heavy atom. The first-order valence-corrected chi connectivity index (χ1v) is 8.77. The maximum atomic E-state index is 12.7. The standard InChI is InChI=1S/C17H20N4O2S/c1-4-21(5-2)17(22)14-11(3)13-15(19-10-20-16(13)24-14)18-9-12-7-6-8-23-12/h6-8,10H,4-5,9H2,1-3H3,(H,18,19,20). The molecule has 0 fully saturated rings. The molecular formula is C17H20N4O2S. The van der Waals surface area contributed by atoms with Crippen LogP contribution in [0.5, 0.6) is 0 Å². The zero-order valence-electron chi connectivity index (χ0n) is 14.0. The highest BCUT2D eigenvalue weighted by molar-refractivity contribution is 7.20. The van der Waals surface area contributed by atoms with E-state index in [4.69, 9.17) is 4.42 Å². The SMILES string of the molecule is CCN(CC)C(=O)c1sc2ncnc(NCc3ccco3)c2c1C. The molecule has 3 rings (SSSR count). The van der Waals surface area contributed by atoms with Crippen LogP contribution in [0, 0.1) is 6.92 Å². The average Bonchev–Trinajstić information content (AvgIpc) is 3.22. The summed E-state index contributed by atoms with van der Waals surface area (Å²) in [6.45, 7) is 7.85. The van der Waals surface area contributed by atoms with Crippen LogP contribution < -0.4 is 5.32 Å². The summed E-state index contributed by atoms with van der Waals surface area (Å²) in [5, 5.41) is 4.18. The van der Waals surface area contributed by atoms with Crippen LogP contribution in [0.4, 0.5) is 5.82 Å². The monoisotopic (exact) mass is 344 g/mol. The molecule has 126 valence electrons. The van der Waals surface area contributed by atoms with E-state index in [9.17, 15) is 4.79 Å². The Kier molecular flexibility index (Phi) is 4.80. The van der Waals surface area contributed by atoms with Gasteiger partial charge in [0.2, 0.25) is 0 Å². The second-order valence-electron chi connectivity index (χ2n) is 5.37. The highest BCUT2D eigenvalue weighted by Gasteiger charge is 2.22. The second kappa shape index (κ2) is 7.00. The predicted molar refractivity (Wildman–Crippen MR) is 95.4 cm³/mol. The Morgan fingerprint density at radius 1 is 1.33 bits per heavy atom. The van der Waals surface area contributed by atoms with Crippen molar-refractivity contribution in [3.8, 4) is 0 Å². The Labute approximate surface area is 144 Å². The molecule has 6 nitrogen and oxygen atoms in total. The van der Waals surface area contributed by atoms with Gasteiger partial charge in [-0.05, 0) is 38.5 Å². The first-order valence-electron chi connectivity index (χ1n) is 7.95. The lowest BCUT2D eigenvalue weighted by molar-refractivity contribution is 0.0777. The van der Waals surface area contributed by atoms with Crippen molar-refractivity contribution < 1.29 is 9.21 Å². The van der Waals surface area contributed by atoms with Gasteiger partial charge in [0.25, 0.3) is 5.91 Å². The zero-order chi connectivity index (χ0) is 17.1. The molecule has 0 bridgehead atoms. The summed E-state index contributed by atoms with van der Waals surface area (Å²) in [6, 6.07) is 3.75. The summed E-state index contributed by atoms with van der Waals surface area (Å²) in [6.07, 6.45) is 3.16. The predicted octanol–water partition coefficient (Wildman–Crippen LogP) is 3.69. The zero-order valence-corrected chi connectivity index (χ0v) is 14.8. The van der Waals surface area contributed by atoms with Crippen molar-refractivity contribution in [1.82, 2.24) is 14.9 Å². The first kappa shape index (κ1) is 16.4. The fourth-order valence-electron chi connectivity index (χ4n) is 2.65. The lowest BCUT2D eigenvalue weighted by atomic mass is 10.2. The van der Waals surface area contributed by atoms with E-state index < -0.39 is 0 Å². The third-order valence-electron chi connectivity index (χ3n) is 3.98. The molecule has 0 saturated carbocycles. The molecule has 3 heterocycles. The summed E-state index contributed by atoms with van der Waals surface area (Å²) in [5.74, 6) is 1.61. The number of fused-ring (bicyclic) bond motifs is 1. The van der Waals surface area contributed by atoms with Gasteiger partial charge in [-0.1, -0.05) is 0 Å². The van der Waals surface area contributed by atoms with Crippen molar-refractivity contribution in [2.45, 2.75) is 27.3 Å². The Bertz CT molecular complexity index is 838. The number of nitrogens with zero attached hydrogens (tertiary/aromatic N) is 3. The molecule has 0 radical (unpaired) electrons. The normalized spacial score (nSPS) is 11.0. The molecule has 0 spiro atoms. The number of carbonyl (C=O) groups excluding carboxylic acids is 1. The van der Waals surface area contributed by atoms with Crippen molar-refractivity contribution in [3.63, 3.8) is 0 Å². The van der Waals surface area contributed by atoms with Crippen LogP contribution in [0.25, 0.3) is 10.2 Å². The van der Waals surface area contributed by atoms with E-state index in [2.05, 4.69) is 15.3 Å². The molecule has 1 N–H and O–H groups in total. The van der Waals surface area contributed by atoms with E-state index in [1.807, 2.05) is 37.8 Å². The lowest BCUT2D eigenvalue weighted by Crippen LogP contribution is -2.30. The summed E-state index contributed by atoms with van der Waals surface area (Å²) in [7, 11) is 0. The molecule has 0 saturated heterocycles. The fraction of sp³-hybridized carbons (Fsp3) is 0.353. The molecule has 24 heavy (non-hydrogen) atoms. The summed E-state index contributed by atoms with van der Waals surface area (Å²) < 4.78 is 5.34. The van der Waals surface area contributed by atoms with Crippen LogP contribution in [0.2, 0.25) is 0 Å². The Hall–Kier alpha value is -2.41. The number of aromatic nitrogens is 2. The number of furan rings is 1. The van der Waals surface area contributed by atoms with Crippen LogP contribution in [0.1, 0.15) is 34.8 Å². The number of aryl methyl sites for hydroxylation is 1. The third-order valence-corrected chi connectivity index (χ3v) is 5.17. The van der Waals surface area contributed by atoms with Crippen LogP contribution in [0.3, 0.4) is 0 Å². The van der Waals surface area contributed by atoms with Gasteiger partial charge < -0.3 is 14.6 Å². The maximum absolute atomic E-state index is 12.7. The van der Waals surface area contributed by atoms with Gasteiger partial charge in [-0.3, -0.25) is 4.79 Å². The largest absolute Gasteiger partial charge is 0.467 e. The van der Waals surface area contributed by atoms with Crippen LogP contribution in [-0.2, 0) is 6.54 Å². The van der Waals surface area contributed by atoms with E-state index in [1.165, 1.54) is 17.7 Å². The minimum Gasteiger partial charge on any atom is -0.467 e. The van der Waals surface area contributed by atoms with Crippen LogP contribution >= 0.6 is 11.3 Å². The lowest BCUT2D eigenvalue weighted by Gasteiger charge is -2.17. The van der Waals surface area contributed by atoms with Gasteiger partial charge in [0.15, 0.2) is 0 Å². The van der Waals surface area contributed by atoms with Gasteiger partial charge in [0.1, 0.15) is 22.7 Å². The van der Waals surface area contributed by atoms with Crippen molar-refractivity contribution in [2.75, 3.05) is 18.4 Å². The van der Waals surface area contributed by atoms with Gasteiger partial charge in [-0.15, -0.1) is 11.3 Å². The summed E-state index contributed by atoms with van der Waals surface area (Å²) in [5.41, 5.74) is 0.925. The molecule has 0 aliphatic carbocycles. The molecule has 0 unspecified atom stereocenters. The van der Waals surface area contributed by atoms with Gasteiger partial charge in [0, 0.05) is 13.1 Å². The summed E-state index contributed by atoms with van der Waals surface area (Å²) in [4.78, 5) is 24.8. The molecule has 7 heteroatoms.